The van der Waals surface area contributed by atoms with Crippen molar-refractivity contribution >= 4 is 28.3 Å². The lowest BCUT2D eigenvalue weighted by Crippen LogP contribution is -2.25. The number of hydrogen-bond donors (Lipinski definition) is 2. The van der Waals surface area contributed by atoms with Crippen LogP contribution in [0.5, 0.6) is 5.75 Å². The van der Waals surface area contributed by atoms with Crippen LogP contribution in [0.3, 0.4) is 0 Å². The van der Waals surface area contributed by atoms with Gasteiger partial charge in [0.2, 0.25) is 5.43 Å². The van der Waals surface area contributed by atoms with E-state index in [0.29, 0.717) is 29.1 Å². The first-order chi connectivity index (χ1) is 17.3. The highest BCUT2D eigenvalue weighted by Crippen LogP contribution is 2.20. The van der Waals surface area contributed by atoms with Gasteiger partial charge in [0.1, 0.15) is 12.4 Å². The molecule has 0 bridgehead atoms. The first-order valence-corrected chi connectivity index (χ1v) is 12.1. The molecule has 0 amide bonds. The lowest BCUT2D eigenvalue weighted by molar-refractivity contribution is 0.145. The SMILES string of the molecule is C=C/C=C\CC=C(C)C.CCCO/N=C(\N)c1cn(Cc2ccc(Cl)cc2)c2ccc(O)cc2c1=O. The van der Waals surface area contributed by atoms with Crippen LogP contribution in [0.15, 0.2) is 95.1 Å². The zero-order valence-electron chi connectivity index (χ0n) is 21.1. The van der Waals surface area contributed by atoms with E-state index < -0.39 is 0 Å². The number of rotatable bonds is 9. The minimum absolute atomic E-state index is 0.00329. The third kappa shape index (κ3) is 8.78. The van der Waals surface area contributed by atoms with Crippen molar-refractivity contribution in [2.45, 2.75) is 40.2 Å². The summed E-state index contributed by atoms with van der Waals surface area (Å²) in [5, 5.41) is 14.7. The standard InChI is InChI=1S/C20H20ClN3O3.C9H14/c1-2-9-27-23-20(22)17-12-24(11-13-3-5-14(21)6-4-13)18-8-7-15(25)10-16(18)19(17)26;1-4-5-6-7-8-9(2)3/h3-8,10,12,25H,2,9,11H2,1H3,(H2,22,23);4-6,8H,1,7H2,2-3H3/b;6-5-. The molecule has 1 aromatic heterocycles. The molecule has 0 saturated carbocycles. The van der Waals surface area contributed by atoms with Gasteiger partial charge in [-0.2, -0.15) is 0 Å². The van der Waals surface area contributed by atoms with E-state index in [1.54, 1.807) is 24.4 Å². The molecular formula is C29H34ClN3O3. The van der Waals surface area contributed by atoms with Gasteiger partial charge in [0.05, 0.1) is 16.5 Å². The molecule has 0 fully saturated rings. The number of allylic oxidation sites excluding steroid dienone is 5. The highest BCUT2D eigenvalue weighted by molar-refractivity contribution is 6.30. The van der Waals surface area contributed by atoms with E-state index in [1.165, 1.54) is 11.6 Å². The Kier molecular flexibility index (Phi) is 11.5. The summed E-state index contributed by atoms with van der Waals surface area (Å²) in [7, 11) is 0. The molecule has 3 aromatic rings. The van der Waals surface area contributed by atoms with Crippen molar-refractivity contribution < 1.29 is 9.94 Å². The van der Waals surface area contributed by atoms with Crippen molar-refractivity contribution in [2.24, 2.45) is 10.9 Å². The summed E-state index contributed by atoms with van der Waals surface area (Å²) in [5.41, 5.74) is 8.93. The Hall–Kier alpha value is -3.77. The number of aromatic nitrogens is 1. The predicted octanol–water partition coefficient (Wildman–Crippen LogP) is 6.54. The summed E-state index contributed by atoms with van der Waals surface area (Å²) in [6.45, 7) is 10.6. The fraction of sp³-hybridized carbons (Fsp3) is 0.241. The minimum Gasteiger partial charge on any atom is -0.508 e. The van der Waals surface area contributed by atoms with Crippen LogP contribution in [0.1, 0.15) is 44.7 Å². The molecule has 3 N–H and O–H groups in total. The van der Waals surface area contributed by atoms with Crippen molar-refractivity contribution in [3.8, 4) is 5.75 Å². The van der Waals surface area contributed by atoms with Gasteiger partial charge in [0, 0.05) is 17.8 Å². The van der Waals surface area contributed by atoms with Crippen LogP contribution in [0.25, 0.3) is 10.9 Å². The third-order valence-corrected chi connectivity index (χ3v) is 5.25. The molecule has 0 aliphatic carbocycles. The number of nitrogens with zero attached hydrogens (tertiary/aromatic N) is 2. The maximum atomic E-state index is 12.8. The topological polar surface area (TPSA) is 89.8 Å². The molecule has 0 unspecified atom stereocenters. The van der Waals surface area contributed by atoms with Crippen LogP contribution in [-0.4, -0.2) is 22.1 Å². The Morgan fingerprint density at radius 2 is 1.94 bits per heavy atom. The molecule has 2 aromatic carbocycles. The molecule has 0 spiro atoms. The van der Waals surface area contributed by atoms with Crippen LogP contribution < -0.4 is 11.2 Å². The number of phenolic OH excluding ortho intramolecular Hbond substituents is 1. The maximum Gasteiger partial charge on any atom is 0.200 e. The second-order valence-corrected chi connectivity index (χ2v) is 8.75. The summed E-state index contributed by atoms with van der Waals surface area (Å²) in [4.78, 5) is 18.0. The van der Waals surface area contributed by atoms with Crippen LogP contribution in [0, 0.1) is 0 Å². The number of benzene rings is 2. The number of oxime groups is 1. The molecule has 0 saturated heterocycles. The smallest absolute Gasteiger partial charge is 0.200 e. The number of phenols is 1. The molecule has 190 valence electrons. The van der Waals surface area contributed by atoms with Crippen molar-refractivity contribution in [2.75, 3.05) is 6.61 Å². The fourth-order valence-corrected chi connectivity index (χ4v) is 3.35. The molecular weight excluding hydrogens is 474 g/mol. The Morgan fingerprint density at radius 1 is 1.22 bits per heavy atom. The van der Waals surface area contributed by atoms with Crippen LogP contribution >= 0.6 is 11.6 Å². The predicted molar refractivity (Wildman–Crippen MR) is 151 cm³/mol. The quantitative estimate of drug-likeness (QED) is 0.0858. The van der Waals surface area contributed by atoms with Gasteiger partial charge in [0.15, 0.2) is 5.84 Å². The number of fused-ring (bicyclic) bond motifs is 1. The number of halogens is 1. The maximum absolute atomic E-state index is 12.8. The monoisotopic (exact) mass is 507 g/mol. The van der Waals surface area contributed by atoms with E-state index in [9.17, 15) is 9.90 Å². The van der Waals surface area contributed by atoms with Crippen LogP contribution in [0.2, 0.25) is 5.02 Å². The Morgan fingerprint density at radius 3 is 2.58 bits per heavy atom. The molecule has 0 aliphatic rings. The van der Waals surface area contributed by atoms with E-state index in [0.717, 1.165) is 18.4 Å². The first kappa shape index (κ1) is 28.5. The van der Waals surface area contributed by atoms with E-state index >= 15 is 0 Å². The average molecular weight is 508 g/mol. The van der Waals surface area contributed by atoms with Gasteiger partial charge < -0.3 is 20.2 Å². The molecule has 36 heavy (non-hydrogen) atoms. The molecule has 0 radical (unpaired) electrons. The van der Waals surface area contributed by atoms with Gasteiger partial charge in [-0.1, -0.05) is 72.3 Å². The second kappa shape index (κ2) is 14.6. The van der Waals surface area contributed by atoms with Gasteiger partial charge in [-0.25, -0.2) is 0 Å². The van der Waals surface area contributed by atoms with Crippen LogP contribution in [-0.2, 0) is 11.4 Å². The molecule has 0 atom stereocenters. The number of aromatic hydroxyl groups is 1. The number of hydrogen-bond acceptors (Lipinski definition) is 4. The Labute approximate surface area is 217 Å². The summed E-state index contributed by atoms with van der Waals surface area (Å²) in [6, 6.07) is 12.1. The van der Waals surface area contributed by atoms with Crippen LogP contribution in [0.4, 0.5) is 0 Å². The summed E-state index contributed by atoms with van der Waals surface area (Å²) >= 11 is 5.95. The second-order valence-electron chi connectivity index (χ2n) is 8.32. The average Bonchev–Trinajstić information content (AvgIpc) is 2.85. The lowest BCUT2D eigenvalue weighted by Gasteiger charge is -2.14. The van der Waals surface area contributed by atoms with Gasteiger partial charge in [0.25, 0.3) is 0 Å². The number of amidine groups is 1. The van der Waals surface area contributed by atoms with Crippen molar-refractivity contribution in [3.05, 3.63) is 111 Å². The molecule has 0 aliphatic heterocycles. The van der Waals surface area contributed by atoms with E-state index in [-0.39, 0.29) is 22.6 Å². The Bertz CT molecular complexity index is 1300. The molecule has 6 nitrogen and oxygen atoms in total. The fourth-order valence-electron chi connectivity index (χ4n) is 3.22. The summed E-state index contributed by atoms with van der Waals surface area (Å²) < 4.78 is 1.89. The van der Waals surface area contributed by atoms with Gasteiger partial charge in [-0.15, -0.1) is 0 Å². The highest BCUT2D eigenvalue weighted by Gasteiger charge is 2.13. The van der Waals surface area contributed by atoms with E-state index in [2.05, 4.69) is 37.7 Å². The minimum atomic E-state index is -0.311. The zero-order valence-corrected chi connectivity index (χ0v) is 21.8. The molecule has 1 heterocycles. The van der Waals surface area contributed by atoms with Gasteiger partial charge in [-0.05, 0) is 62.6 Å². The van der Waals surface area contributed by atoms with Crippen molar-refractivity contribution in [3.63, 3.8) is 0 Å². The highest BCUT2D eigenvalue weighted by atomic mass is 35.5. The third-order valence-electron chi connectivity index (χ3n) is 5.00. The Balaban J connectivity index is 0.000000434. The molecule has 7 heteroatoms. The summed E-state index contributed by atoms with van der Waals surface area (Å²) in [5.74, 6) is 0.0103. The number of pyridine rings is 1. The zero-order chi connectivity index (χ0) is 26.5. The lowest BCUT2D eigenvalue weighted by atomic mass is 10.1. The largest absolute Gasteiger partial charge is 0.508 e. The first-order valence-electron chi connectivity index (χ1n) is 11.7. The van der Waals surface area contributed by atoms with Crippen molar-refractivity contribution in [1.82, 2.24) is 4.57 Å². The van der Waals surface area contributed by atoms with Gasteiger partial charge in [-0.3, -0.25) is 4.79 Å². The number of nitrogens with two attached hydrogens (primary N) is 1. The van der Waals surface area contributed by atoms with Gasteiger partial charge >= 0.3 is 0 Å². The molecule has 3 rings (SSSR count). The summed E-state index contributed by atoms with van der Waals surface area (Å²) in [6.07, 6.45) is 11.5. The van der Waals surface area contributed by atoms with Crippen molar-refractivity contribution in [1.29, 1.82) is 0 Å². The van der Waals surface area contributed by atoms with E-state index in [1.807, 2.05) is 41.8 Å². The van der Waals surface area contributed by atoms with E-state index in [4.69, 9.17) is 22.2 Å². The normalized spacial score (nSPS) is 11.2.